The molecular formula is C22H18N2O4. The van der Waals surface area contributed by atoms with Crippen LogP contribution in [0.5, 0.6) is 0 Å². The predicted octanol–water partition coefficient (Wildman–Crippen LogP) is 3.64. The Morgan fingerprint density at radius 3 is 2.75 bits per heavy atom. The van der Waals surface area contributed by atoms with Crippen molar-refractivity contribution in [3.63, 3.8) is 0 Å². The van der Waals surface area contributed by atoms with Crippen molar-refractivity contribution in [3.8, 4) is 0 Å². The van der Waals surface area contributed by atoms with Gasteiger partial charge in [0, 0.05) is 22.3 Å². The third-order valence-electron chi connectivity index (χ3n) is 4.89. The quantitative estimate of drug-likeness (QED) is 0.557. The molecule has 4 rings (SSSR count). The highest BCUT2D eigenvalue weighted by Gasteiger charge is 2.27. The van der Waals surface area contributed by atoms with E-state index < -0.39 is 5.97 Å². The van der Waals surface area contributed by atoms with E-state index in [9.17, 15) is 14.4 Å². The maximum Gasteiger partial charge on any atom is 0.339 e. The molecule has 0 fully saturated rings. The number of Topliss-reactive ketones (excluding diaryl/α,β-unsaturated/α-hetero) is 1. The van der Waals surface area contributed by atoms with Crippen molar-refractivity contribution in [2.24, 2.45) is 0 Å². The summed E-state index contributed by atoms with van der Waals surface area (Å²) in [6.45, 7) is 3.21. The molecule has 0 spiro atoms. The Morgan fingerprint density at radius 2 is 1.93 bits per heavy atom. The van der Waals surface area contributed by atoms with Crippen LogP contribution in [0.1, 0.15) is 44.8 Å². The summed E-state index contributed by atoms with van der Waals surface area (Å²) < 4.78 is 5.28. The van der Waals surface area contributed by atoms with Gasteiger partial charge in [0.15, 0.2) is 12.4 Å². The van der Waals surface area contributed by atoms with Crippen molar-refractivity contribution in [1.29, 1.82) is 0 Å². The van der Waals surface area contributed by atoms with Crippen molar-refractivity contribution in [1.82, 2.24) is 4.98 Å². The number of anilines is 1. The molecule has 6 nitrogen and oxygen atoms in total. The Morgan fingerprint density at radius 1 is 1.14 bits per heavy atom. The largest absolute Gasteiger partial charge is 0.454 e. The lowest BCUT2D eigenvalue weighted by Crippen LogP contribution is -2.15. The average molecular weight is 374 g/mol. The van der Waals surface area contributed by atoms with Crippen molar-refractivity contribution >= 4 is 34.3 Å². The Kier molecular flexibility index (Phi) is 4.39. The van der Waals surface area contributed by atoms with Gasteiger partial charge >= 0.3 is 5.97 Å². The SMILES string of the molecule is Cc1cc(C(=O)OCC(=O)c2ccc3c(c2)[C@H](C)C(=O)N3)c2ccccc2n1. The van der Waals surface area contributed by atoms with E-state index in [2.05, 4.69) is 10.3 Å². The van der Waals surface area contributed by atoms with Gasteiger partial charge in [0.2, 0.25) is 5.91 Å². The number of amides is 1. The van der Waals surface area contributed by atoms with Crippen LogP contribution in [0.2, 0.25) is 0 Å². The fourth-order valence-corrected chi connectivity index (χ4v) is 3.36. The molecule has 6 heteroatoms. The summed E-state index contributed by atoms with van der Waals surface area (Å²) in [5, 5.41) is 3.45. The molecule has 0 unspecified atom stereocenters. The molecule has 2 aromatic carbocycles. The summed E-state index contributed by atoms with van der Waals surface area (Å²) in [6.07, 6.45) is 0. The number of benzene rings is 2. The number of nitrogens with one attached hydrogen (secondary N) is 1. The summed E-state index contributed by atoms with van der Waals surface area (Å²) >= 11 is 0. The van der Waals surface area contributed by atoms with E-state index in [1.807, 2.05) is 18.2 Å². The first-order chi connectivity index (χ1) is 13.4. The molecule has 3 aromatic rings. The molecule has 0 radical (unpaired) electrons. The molecule has 0 bridgehead atoms. The van der Waals surface area contributed by atoms with Crippen LogP contribution in [-0.4, -0.2) is 29.3 Å². The fourth-order valence-electron chi connectivity index (χ4n) is 3.36. The van der Waals surface area contributed by atoms with E-state index in [1.54, 1.807) is 44.2 Å². The molecule has 1 aromatic heterocycles. The number of carbonyl (C=O) groups excluding carboxylic acids is 3. The number of aromatic nitrogens is 1. The lowest BCUT2D eigenvalue weighted by Gasteiger charge is -2.09. The third-order valence-corrected chi connectivity index (χ3v) is 4.89. The number of hydrogen-bond donors (Lipinski definition) is 1. The van der Waals surface area contributed by atoms with E-state index in [-0.39, 0.29) is 24.2 Å². The van der Waals surface area contributed by atoms with Gasteiger partial charge < -0.3 is 10.1 Å². The molecule has 0 aliphatic carbocycles. The number of ketones is 1. The van der Waals surface area contributed by atoms with E-state index >= 15 is 0 Å². The first-order valence-electron chi connectivity index (χ1n) is 8.95. The summed E-state index contributed by atoms with van der Waals surface area (Å²) in [6, 6.07) is 14.0. The molecule has 28 heavy (non-hydrogen) atoms. The smallest absolute Gasteiger partial charge is 0.339 e. The van der Waals surface area contributed by atoms with Crippen molar-refractivity contribution < 1.29 is 19.1 Å². The van der Waals surface area contributed by atoms with Crippen molar-refractivity contribution in [3.05, 3.63) is 70.9 Å². The number of esters is 1. The summed E-state index contributed by atoms with van der Waals surface area (Å²) in [5.41, 5.74) is 3.67. The molecule has 2 heterocycles. The van der Waals surface area contributed by atoms with E-state index in [0.29, 0.717) is 33.4 Å². The second-order valence-electron chi connectivity index (χ2n) is 6.84. The Bertz CT molecular complexity index is 1140. The number of fused-ring (bicyclic) bond motifs is 2. The monoisotopic (exact) mass is 374 g/mol. The van der Waals surface area contributed by atoms with Gasteiger partial charge in [0.05, 0.1) is 17.0 Å². The predicted molar refractivity (Wildman–Crippen MR) is 105 cm³/mol. The molecule has 0 saturated carbocycles. The normalized spacial score (nSPS) is 15.2. The molecule has 1 aliphatic rings. The van der Waals surface area contributed by atoms with Gasteiger partial charge in [-0.15, -0.1) is 0 Å². The van der Waals surface area contributed by atoms with Gasteiger partial charge in [-0.3, -0.25) is 14.6 Å². The minimum atomic E-state index is -0.568. The maximum atomic E-state index is 12.6. The van der Waals surface area contributed by atoms with Crippen LogP contribution < -0.4 is 5.32 Å². The Labute approximate surface area is 161 Å². The van der Waals surface area contributed by atoms with Crippen LogP contribution in [0.4, 0.5) is 5.69 Å². The molecule has 140 valence electrons. The number of hydrogen-bond acceptors (Lipinski definition) is 5. The highest BCUT2D eigenvalue weighted by Crippen LogP contribution is 2.32. The summed E-state index contributed by atoms with van der Waals surface area (Å²) in [7, 11) is 0. The number of para-hydroxylation sites is 1. The van der Waals surface area contributed by atoms with E-state index in [4.69, 9.17) is 4.74 Å². The molecular weight excluding hydrogens is 356 g/mol. The van der Waals surface area contributed by atoms with Gasteiger partial charge in [0.25, 0.3) is 0 Å². The average Bonchev–Trinajstić information content (AvgIpc) is 2.98. The Hall–Kier alpha value is -3.54. The number of carbonyl (C=O) groups is 3. The molecule has 1 amide bonds. The zero-order valence-corrected chi connectivity index (χ0v) is 15.5. The highest BCUT2D eigenvalue weighted by molar-refractivity contribution is 6.07. The van der Waals surface area contributed by atoms with Crippen LogP contribution >= 0.6 is 0 Å². The van der Waals surface area contributed by atoms with Crippen LogP contribution in [0.3, 0.4) is 0 Å². The summed E-state index contributed by atoms with van der Waals surface area (Å²) in [4.78, 5) is 41.2. The standard InChI is InChI=1S/C22H18N2O4/c1-12-9-17(15-5-3-4-6-18(15)23-12)22(27)28-11-20(25)14-7-8-19-16(10-14)13(2)21(26)24-19/h3-10,13H,11H2,1-2H3,(H,24,26)/t13-/m0/s1. The molecule has 1 atom stereocenters. The number of ether oxygens (including phenoxy) is 1. The number of nitrogens with zero attached hydrogens (tertiary/aromatic N) is 1. The van der Waals surface area contributed by atoms with Gasteiger partial charge in [-0.25, -0.2) is 4.79 Å². The third kappa shape index (κ3) is 3.13. The highest BCUT2D eigenvalue weighted by atomic mass is 16.5. The fraction of sp³-hybridized carbons (Fsp3) is 0.182. The lowest BCUT2D eigenvalue weighted by atomic mass is 9.99. The molecule has 1 N–H and O–H groups in total. The van der Waals surface area contributed by atoms with Gasteiger partial charge in [-0.1, -0.05) is 18.2 Å². The topological polar surface area (TPSA) is 85.4 Å². The summed E-state index contributed by atoms with van der Waals surface area (Å²) in [5.74, 6) is -1.29. The molecule has 0 saturated heterocycles. The first-order valence-corrected chi connectivity index (χ1v) is 8.95. The van der Waals surface area contributed by atoms with Crippen LogP contribution in [0.25, 0.3) is 10.9 Å². The molecule has 1 aliphatic heterocycles. The zero-order valence-electron chi connectivity index (χ0n) is 15.5. The maximum absolute atomic E-state index is 12.6. The van der Waals surface area contributed by atoms with Gasteiger partial charge in [-0.05, 0) is 49.7 Å². The zero-order chi connectivity index (χ0) is 19.8. The van der Waals surface area contributed by atoms with E-state index in [0.717, 1.165) is 5.56 Å². The van der Waals surface area contributed by atoms with Gasteiger partial charge in [0.1, 0.15) is 0 Å². The minimum absolute atomic E-state index is 0.0917. The number of pyridine rings is 1. The first kappa shape index (κ1) is 17.9. The second kappa shape index (κ2) is 6.88. The minimum Gasteiger partial charge on any atom is -0.454 e. The number of rotatable bonds is 4. The lowest BCUT2D eigenvalue weighted by molar-refractivity contribution is -0.116. The number of aryl methyl sites for hydroxylation is 1. The van der Waals surface area contributed by atoms with Gasteiger partial charge in [-0.2, -0.15) is 0 Å². The Balaban J connectivity index is 1.52. The van der Waals surface area contributed by atoms with Crippen molar-refractivity contribution in [2.45, 2.75) is 19.8 Å². The van der Waals surface area contributed by atoms with E-state index in [1.165, 1.54) is 0 Å². The van der Waals surface area contributed by atoms with Crippen LogP contribution in [0, 0.1) is 6.92 Å². The van der Waals surface area contributed by atoms with Crippen LogP contribution in [-0.2, 0) is 9.53 Å². The van der Waals surface area contributed by atoms with Crippen molar-refractivity contribution in [2.75, 3.05) is 11.9 Å². The van der Waals surface area contributed by atoms with Crippen LogP contribution in [0.15, 0.2) is 48.5 Å². The second-order valence-corrected chi connectivity index (χ2v) is 6.84.